The summed E-state index contributed by atoms with van der Waals surface area (Å²) >= 11 is 5.92. The summed E-state index contributed by atoms with van der Waals surface area (Å²) in [5.74, 6) is 1.43. The van der Waals surface area contributed by atoms with E-state index < -0.39 is 0 Å². The molecule has 0 aromatic heterocycles. The first-order valence-corrected chi connectivity index (χ1v) is 9.62. The maximum atomic E-state index is 5.92. The highest BCUT2D eigenvalue weighted by Crippen LogP contribution is 2.09. The molecule has 26 heavy (non-hydrogen) atoms. The highest BCUT2D eigenvalue weighted by atomic mass is 127. The van der Waals surface area contributed by atoms with Crippen LogP contribution in [0.15, 0.2) is 29.3 Å². The molecular weight excluding hydrogens is 463 g/mol. The lowest BCUT2D eigenvalue weighted by molar-refractivity contribution is 0.0323. The first kappa shape index (κ1) is 23.5. The van der Waals surface area contributed by atoms with Gasteiger partial charge in [0.15, 0.2) is 5.96 Å². The van der Waals surface area contributed by atoms with Crippen LogP contribution in [0.2, 0.25) is 5.02 Å². The van der Waals surface area contributed by atoms with Gasteiger partial charge in [-0.2, -0.15) is 0 Å². The van der Waals surface area contributed by atoms with Gasteiger partial charge >= 0.3 is 0 Å². The minimum absolute atomic E-state index is 0. The van der Waals surface area contributed by atoms with Gasteiger partial charge in [-0.1, -0.05) is 30.7 Å². The van der Waals surface area contributed by atoms with E-state index in [0.717, 1.165) is 69.9 Å². The van der Waals surface area contributed by atoms with Gasteiger partial charge in [-0.15, -0.1) is 24.0 Å². The maximum absolute atomic E-state index is 5.92. The summed E-state index contributed by atoms with van der Waals surface area (Å²) in [5.41, 5.74) is 1.27. The lowest BCUT2D eigenvalue weighted by atomic mass is 10.1. The number of aliphatic imine (C=N–C) groups is 1. The zero-order valence-corrected chi connectivity index (χ0v) is 18.9. The van der Waals surface area contributed by atoms with Gasteiger partial charge in [0.05, 0.1) is 13.2 Å². The van der Waals surface area contributed by atoms with Crippen molar-refractivity contribution in [2.24, 2.45) is 10.9 Å². The summed E-state index contributed by atoms with van der Waals surface area (Å²) in [6.07, 6.45) is 0.949. The van der Waals surface area contributed by atoms with Crippen LogP contribution in [-0.2, 0) is 11.2 Å². The van der Waals surface area contributed by atoms with Crippen molar-refractivity contribution < 1.29 is 4.74 Å². The third-order valence-corrected chi connectivity index (χ3v) is 4.45. The van der Waals surface area contributed by atoms with Gasteiger partial charge in [-0.3, -0.25) is 9.89 Å². The normalized spacial score (nSPS) is 16.7. The van der Waals surface area contributed by atoms with E-state index in [1.165, 1.54) is 5.56 Å². The second-order valence-electron chi connectivity index (χ2n) is 6.54. The molecule has 2 N–H and O–H groups in total. The van der Waals surface area contributed by atoms with Crippen LogP contribution >= 0.6 is 35.6 Å². The van der Waals surface area contributed by atoms with Crippen LogP contribution in [0, 0.1) is 5.92 Å². The highest BCUT2D eigenvalue weighted by Gasteiger charge is 2.13. The Morgan fingerprint density at radius 1 is 1.23 bits per heavy atom. The second kappa shape index (κ2) is 13.6. The van der Waals surface area contributed by atoms with Crippen molar-refractivity contribution in [3.63, 3.8) is 0 Å². The van der Waals surface area contributed by atoms with Crippen molar-refractivity contribution in [3.05, 3.63) is 34.9 Å². The molecule has 1 aromatic carbocycles. The number of hydrogen-bond acceptors (Lipinski definition) is 3. The fourth-order valence-corrected chi connectivity index (χ4v) is 2.97. The monoisotopic (exact) mass is 494 g/mol. The molecule has 0 aliphatic carbocycles. The standard InChI is InChI=1S/C19H31ClN4O.HI/c1-3-21-19(22-9-8-17-4-6-18(20)7-5-17)23-14-16(2)15-24-10-12-25-13-11-24;/h4-7,16H,3,8-15H2,1-2H3,(H2,21,22,23);1H. The summed E-state index contributed by atoms with van der Waals surface area (Å²) in [6.45, 7) is 11.8. The predicted molar refractivity (Wildman–Crippen MR) is 121 cm³/mol. The zero-order valence-electron chi connectivity index (χ0n) is 15.8. The summed E-state index contributed by atoms with van der Waals surface area (Å²) in [7, 11) is 0. The molecule has 1 aliphatic rings. The summed E-state index contributed by atoms with van der Waals surface area (Å²) < 4.78 is 5.40. The van der Waals surface area contributed by atoms with Gasteiger partial charge in [0.1, 0.15) is 0 Å². The lowest BCUT2D eigenvalue weighted by Crippen LogP contribution is -2.40. The number of nitrogens with one attached hydrogen (secondary N) is 2. The number of halogens is 2. The Bertz CT molecular complexity index is 521. The molecule has 0 saturated carbocycles. The smallest absolute Gasteiger partial charge is 0.191 e. The molecule has 0 radical (unpaired) electrons. The zero-order chi connectivity index (χ0) is 17.9. The molecule has 1 saturated heterocycles. The molecule has 0 bridgehead atoms. The molecule has 1 heterocycles. The second-order valence-corrected chi connectivity index (χ2v) is 6.98. The number of morpholine rings is 1. The third-order valence-electron chi connectivity index (χ3n) is 4.20. The van der Waals surface area contributed by atoms with Crippen molar-refractivity contribution >= 4 is 41.5 Å². The molecule has 1 fully saturated rings. The Kier molecular flexibility index (Phi) is 12.3. The van der Waals surface area contributed by atoms with E-state index in [1.807, 2.05) is 12.1 Å². The Hall–Kier alpha value is -0.570. The minimum atomic E-state index is 0. The Morgan fingerprint density at radius 3 is 2.58 bits per heavy atom. The molecule has 1 aromatic rings. The number of rotatable bonds is 8. The topological polar surface area (TPSA) is 48.9 Å². The van der Waals surface area contributed by atoms with E-state index in [1.54, 1.807) is 0 Å². The molecule has 0 spiro atoms. The number of hydrogen-bond donors (Lipinski definition) is 2. The molecular formula is C19H32ClIN4O. The van der Waals surface area contributed by atoms with Gasteiger partial charge < -0.3 is 15.4 Å². The summed E-state index contributed by atoms with van der Waals surface area (Å²) in [5, 5.41) is 7.51. The quantitative estimate of drug-likeness (QED) is 0.331. The van der Waals surface area contributed by atoms with Gasteiger partial charge in [0.25, 0.3) is 0 Å². The minimum Gasteiger partial charge on any atom is -0.379 e. The highest BCUT2D eigenvalue weighted by molar-refractivity contribution is 14.0. The first-order chi connectivity index (χ1) is 12.2. The van der Waals surface area contributed by atoms with Crippen LogP contribution in [0.25, 0.3) is 0 Å². The molecule has 1 unspecified atom stereocenters. The summed E-state index contributed by atoms with van der Waals surface area (Å²) in [4.78, 5) is 7.20. The number of benzene rings is 1. The fourth-order valence-electron chi connectivity index (χ4n) is 2.85. The van der Waals surface area contributed by atoms with Gasteiger partial charge in [0.2, 0.25) is 0 Å². The Labute approximate surface area is 179 Å². The van der Waals surface area contributed by atoms with E-state index in [4.69, 9.17) is 21.3 Å². The van der Waals surface area contributed by atoms with Crippen molar-refractivity contribution in [2.75, 3.05) is 52.5 Å². The lowest BCUT2D eigenvalue weighted by Gasteiger charge is -2.28. The van der Waals surface area contributed by atoms with Gasteiger partial charge in [-0.25, -0.2) is 0 Å². The number of nitrogens with zero attached hydrogens (tertiary/aromatic N) is 2. The fraction of sp³-hybridized carbons (Fsp3) is 0.632. The number of guanidine groups is 1. The van der Waals surface area contributed by atoms with Gasteiger partial charge in [-0.05, 0) is 37.0 Å². The largest absolute Gasteiger partial charge is 0.379 e. The number of ether oxygens (including phenoxy) is 1. The van der Waals surface area contributed by atoms with Crippen LogP contribution in [0.5, 0.6) is 0 Å². The predicted octanol–water partition coefficient (Wildman–Crippen LogP) is 3.02. The average molecular weight is 495 g/mol. The van der Waals surface area contributed by atoms with Crippen molar-refractivity contribution in [1.82, 2.24) is 15.5 Å². The van der Waals surface area contributed by atoms with Crippen molar-refractivity contribution in [2.45, 2.75) is 20.3 Å². The van der Waals surface area contributed by atoms with Crippen LogP contribution in [0.4, 0.5) is 0 Å². The first-order valence-electron chi connectivity index (χ1n) is 9.24. The van der Waals surface area contributed by atoms with E-state index >= 15 is 0 Å². The van der Waals surface area contributed by atoms with Crippen LogP contribution in [0.3, 0.4) is 0 Å². The molecule has 7 heteroatoms. The molecule has 0 amide bonds. The van der Waals surface area contributed by atoms with Crippen LogP contribution < -0.4 is 10.6 Å². The third kappa shape index (κ3) is 9.39. The molecule has 1 aliphatic heterocycles. The van der Waals surface area contributed by atoms with Crippen LogP contribution in [-0.4, -0.2) is 63.3 Å². The van der Waals surface area contributed by atoms with Crippen LogP contribution in [0.1, 0.15) is 19.4 Å². The van der Waals surface area contributed by atoms with Gasteiger partial charge in [0, 0.05) is 44.3 Å². The maximum Gasteiger partial charge on any atom is 0.191 e. The summed E-state index contributed by atoms with van der Waals surface area (Å²) in [6, 6.07) is 8.00. The Balaban J connectivity index is 0.00000338. The van der Waals surface area contributed by atoms with Crippen molar-refractivity contribution in [1.29, 1.82) is 0 Å². The van der Waals surface area contributed by atoms with E-state index in [9.17, 15) is 0 Å². The molecule has 5 nitrogen and oxygen atoms in total. The molecule has 1 atom stereocenters. The molecule has 2 rings (SSSR count). The molecule has 148 valence electrons. The SMILES string of the molecule is CCNC(=NCC(C)CN1CCOCC1)NCCc1ccc(Cl)cc1.I. The average Bonchev–Trinajstić information content (AvgIpc) is 2.62. The van der Waals surface area contributed by atoms with E-state index in [-0.39, 0.29) is 24.0 Å². The van der Waals surface area contributed by atoms with E-state index in [0.29, 0.717) is 5.92 Å². The van der Waals surface area contributed by atoms with E-state index in [2.05, 4.69) is 41.5 Å². The Morgan fingerprint density at radius 2 is 1.92 bits per heavy atom. The van der Waals surface area contributed by atoms with Crippen molar-refractivity contribution in [3.8, 4) is 0 Å².